The number of hydrogen-bond acceptors (Lipinski definition) is 2. The van der Waals surface area contributed by atoms with Gasteiger partial charge in [-0.3, -0.25) is 5.43 Å². The van der Waals surface area contributed by atoms with Gasteiger partial charge in [0.2, 0.25) is 0 Å². The lowest BCUT2D eigenvalue weighted by Crippen LogP contribution is -2.03. The Kier molecular flexibility index (Phi) is 4.35. The van der Waals surface area contributed by atoms with Crippen LogP contribution in [0.1, 0.15) is 32.8 Å². The van der Waals surface area contributed by atoms with Gasteiger partial charge in [0, 0.05) is 11.9 Å². The summed E-state index contributed by atoms with van der Waals surface area (Å²) in [6, 6.07) is 10.5. The van der Waals surface area contributed by atoms with Crippen LogP contribution in [0.3, 0.4) is 0 Å². The maximum absolute atomic E-state index is 4.15. The zero-order chi connectivity index (χ0) is 13.7. The van der Waals surface area contributed by atoms with Crippen molar-refractivity contribution >= 4 is 11.8 Å². The molecule has 0 saturated carbocycles. The predicted octanol–water partition coefficient (Wildman–Crippen LogP) is 4.29. The highest BCUT2D eigenvalue weighted by atomic mass is 15.3. The van der Waals surface area contributed by atoms with Gasteiger partial charge in [-0.15, -0.1) is 0 Å². The fourth-order valence-corrected chi connectivity index (χ4v) is 2.04. The normalized spacial score (nSPS) is 15.9. The van der Waals surface area contributed by atoms with Gasteiger partial charge in [-0.2, -0.15) is 5.10 Å². The minimum Gasteiger partial charge on any atom is -0.283 e. The van der Waals surface area contributed by atoms with Gasteiger partial charge < -0.3 is 0 Å². The highest BCUT2D eigenvalue weighted by molar-refractivity contribution is 5.79. The highest BCUT2D eigenvalue weighted by Gasteiger charge is 2.06. The van der Waals surface area contributed by atoms with Crippen LogP contribution in [0, 0.1) is 0 Å². The quantitative estimate of drug-likeness (QED) is 0.852. The molecule has 0 aromatic heterocycles. The number of hydrazone groups is 1. The molecule has 1 heterocycles. The van der Waals surface area contributed by atoms with E-state index in [0.717, 1.165) is 12.1 Å². The van der Waals surface area contributed by atoms with E-state index in [4.69, 9.17) is 0 Å². The van der Waals surface area contributed by atoms with Crippen molar-refractivity contribution in [3.05, 3.63) is 64.9 Å². The molecule has 0 bridgehead atoms. The first kappa shape index (κ1) is 13.3. The molecule has 1 N–H and O–H groups in total. The van der Waals surface area contributed by atoms with Crippen molar-refractivity contribution in [2.45, 2.75) is 27.2 Å². The van der Waals surface area contributed by atoms with E-state index in [1.54, 1.807) is 0 Å². The van der Waals surface area contributed by atoms with E-state index in [9.17, 15) is 0 Å². The Labute approximate surface area is 115 Å². The average molecular weight is 252 g/mol. The molecule has 98 valence electrons. The molecule has 0 unspecified atom stereocenters. The molecule has 1 aliphatic rings. The van der Waals surface area contributed by atoms with Gasteiger partial charge in [-0.25, -0.2) is 0 Å². The molecule has 0 aliphatic carbocycles. The molecular weight excluding hydrogens is 232 g/mol. The minimum absolute atomic E-state index is 0.951. The van der Waals surface area contributed by atoms with Crippen molar-refractivity contribution in [1.29, 1.82) is 0 Å². The van der Waals surface area contributed by atoms with Gasteiger partial charge in [0.1, 0.15) is 0 Å². The van der Waals surface area contributed by atoms with E-state index in [0.29, 0.717) is 0 Å². The van der Waals surface area contributed by atoms with Crippen LogP contribution in [-0.4, -0.2) is 6.21 Å². The summed E-state index contributed by atoms with van der Waals surface area (Å²) in [5.41, 5.74) is 9.25. The van der Waals surface area contributed by atoms with Crippen LogP contribution in [-0.2, 0) is 0 Å². The maximum atomic E-state index is 4.15. The topological polar surface area (TPSA) is 24.4 Å². The Morgan fingerprint density at radius 3 is 2.53 bits per heavy atom. The molecule has 1 aromatic carbocycles. The van der Waals surface area contributed by atoms with Crippen molar-refractivity contribution in [2.24, 2.45) is 5.10 Å². The van der Waals surface area contributed by atoms with Gasteiger partial charge in [0.05, 0.1) is 0 Å². The number of nitrogens with one attached hydrogen (secondary N) is 1. The number of allylic oxidation sites excluding steroid dienone is 6. The van der Waals surface area contributed by atoms with Crippen molar-refractivity contribution in [3.8, 4) is 0 Å². The van der Waals surface area contributed by atoms with E-state index in [-0.39, 0.29) is 0 Å². The molecule has 0 saturated heterocycles. The average Bonchev–Trinajstić information content (AvgIpc) is 2.72. The van der Waals surface area contributed by atoms with Crippen LogP contribution in [0.4, 0.5) is 0 Å². The summed E-state index contributed by atoms with van der Waals surface area (Å²) in [6.07, 6.45) is 6.99. The molecule has 0 fully saturated rings. The first-order chi connectivity index (χ1) is 9.22. The summed E-state index contributed by atoms with van der Waals surface area (Å²) < 4.78 is 0. The Hall–Kier alpha value is -2.09. The lowest BCUT2D eigenvalue weighted by Gasteiger charge is -2.10. The summed E-state index contributed by atoms with van der Waals surface area (Å²) in [5, 5.41) is 4.15. The molecular formula is C17H20N2. The SMILES string of the molecule is CCC1=CC(/C(C)=C(/C)c2ccccc2)=CC=NN1. The van der Waals surface area contributed by atoms with E-state index < -0.39 is 0 Å². The molecule has 2 rings (SSSR count). The van der Waals surface area contributed by atoms with Crippen LogP contribution in [0.15, 0.2) is 64.4 Å². The summed E-state index contributed by atoms with van der Waals surface area (Å²) in [4.78, 5) is 0. The Morgan fingerprint density at radius 1 is 1.11 bits per heavy atom. The van der Waals surface area contributed by atoms with Crippen molar-refractivity contribution in [2.75, 3.05) is 0 Å². The van der Waals surface area contributed by atoms with Crippen molar-refractivity contribution < 1.29 is 0 Å². The lowest BCUT2D eigenvalue weighted by atomic mass is 9.96. The van der Waals surface area contributed by atoms with Crippen LogP contribution in [0.5, 0.6) is 0 Å². The second-order valence-electron chi connectivity index (χ2n) is 4.65. The first-order valence-electron chi connectivity index (χ1n) is 6.65. The standard InChI is InChI=1S/C17H20N2/c1-4-17-12-16(10-11-18-19-17)14(3)13(2)15-8-6-5-7-9-15/h5-12,19H,4H2,1-3H3/b14-13-. The number of nitrogens with zero attached hydrogens (tertiary/aromatic N) is 1. The summed E-state index contributed by atoms with van der Waals surface area (Å²) in [6.45, 7) is 6.46. The zero-order valence-corrected chi connectivity index (χ0v) is 11.8. The van der Waals surface area contributed by atoms with Crippen LogP contribution < -0.4 is 5.43 Å². The third-order valence-corrected chi connectivity index (χ3v) is 3.45. The van der Waals surface area contributed by atoms with E-state index in [1.165, 1.54) is 22.3 Å². The Balaban J connectivity index is 2.40. The van der Waals surface area contributed by atoms with Crippen molar-refractivity contribution in [3.63, 3.8) is 0 Å². The number of benzene rings is 1. The predicted molar refractivity (Wildman–Crippen MR) is 82.8 cm³/mol. The first-order valence-corrected chi connectivity index (χ1v) is 6.65. The van der Waals surface area contributed by atoms with Crippen LogP contribution in [0.2, 0.25) is 0 Å². The Morgan fingerprint density at radius 2 is 1.84 bits per heavy atom. The molecule has 1 aliphatic heterocycles. The van der Waals surface area contributed by atoms with Crippen LogP contribution in [0.25, 0.3) is 5.57 Å². The number of rotatable bonds is 3. The summed E-state index contributed by atoms with van der Waals surface area (Å²) >= 11 is 0. The molecule has 0 spiro atoms. The van der Waals surface area contributed by atoms with Gasteiger partial charge in [-0.1, -0.05) is 37.3 Å². The number of hydrogen-bond donors (Lipinski definition) is 1. The monoisotopic (exact) mass is 252 g/mol. The van der Waals surface area contributed by atoms with Gasteiger partial charge in [0.15, 0.2) is 0 Å². The van der Waals surface area contributed by atoms with Gasteiger partial charge in [0.25, 0.3) is 0 Å². The van der Waals surface area contributed by atoms with Gasteiger partial charge in [-0.05, 0) is 54.7 Å². The summed E-state index contributed by atoms with van der Waals surface area (Å²) in [7, 11) is 0. The fraction of sp³-hybridized carbons (Fsp3) is 0.235. The molecule has 2 nitrogen and oxygen atoms in total. The third kappa shape index (κ3) is 3.22. The van der Waals surface area contributed by atoms with E-state index in [2.05, 4.69) is 67.7 Å². The largest absolute Gasteiger partial charge is 0.283 e. The lowest BCUT2D eigenvalue weighted by molar-refractivity contribution is 0.835. The summed E-state index contributed by atoms with van der Waals surface area (Å²) in [5.74, 6) is 0. The minimum atomic E-state index is 0.951. The van der Waals surface area contributed by atoms with Crippen LogP contribution >= 0.6 is 0 Å². The molecule has 1 aromatic rings. The molecule has 0 amide bonds. The van der Waals surface area contributed by atoms with Crippen molar-refractivity contribution in [1.82, 2.24) is 5.43 Å². The molecule has 2 heteroatoms. The maximum Gasteiger partial charge on any atom is 0.0478 e. The second-order valence-corrected chi connectivity index (χ2v) is 4.65. The second kappa shape index (κ2) is 6.19. The third-order valence-electron chi connectivity index (χ3n) is 3.45. The zero-order valence-electron chi connectivity index (χ0n) is 11.8. The molecule has 19 heavy (non-hydrogen) atoms. The Bertz CT molecular complexity index is 560. The van der Waals surface area contributed by atoms with E-state index >= 15 is 0 Å². The fourth-order valence-electron chi connectivity index (χ4n) is 2.04. The van der Waals surface area contributed by atoms with E-state index in [1.807, 2.05) is 12.3 Å². The molecule has 0 radical (unpaired) electrons. The molecule has 0 atom stereocenters. The highest BCUT2D eigenvalue weighted by Crippen LogP contribution is 2.24. The van der Waals surface area contributed by atoms with Gasteiger partial charge >= 0.3 is 0 Å². The smallest absolute Gasteiger partial charge is 0.0478 e.